The SMILES string of the molecule is CCCCCCCCCCSCCCCCCCCCCCNC(=O)C(=O)Nc1ccc(O)cc1. The Labute approximate surface area is 218 Å². The Hall–Kier alpha value is -1.69. The lowest BCUT2D eigenvalue weighted by molar-refractivity contribution is -0.136. The van der Waals surface area contributed by atoms with Gasteiger partial charge in [-0.3, -0.25) is 9.59 Å². The maximum Gasteiger partial charge on any atom is 0.313 e. The van der Waals surface area contributed by atoms with Gasteiger partial charge in [0.05, 0.1) is 0 Å². The summed E-state index contributed by atoms with van der Waals surface area (Å²) in [7, 11) is 0. The van der Waals surface area contributed by atoms with Crippen LogP contribution in [0.5, 0.6) is 5.75 Å². The zero-order valence-corrected chi connectivity index (χ0v) is 22.9. The van der Waals surface area contributed by atoms with E-state index < -0.39 is 11.8 Å². The Morgan fingerprint density at radius 3 is 1.63 bits per heavy atom. The minimum Gasteiger partial charge on any atom is -0.508 e. The van der Waals surface area contributed by atoms with Crippen LogP contribution >= 0.6 is 11.8 Å². The van der Waals surface area contributed by atoms with E-state index in [0.717, 1.165) is 12.8 Å². The number of carbonyl (C=O) groups is 2. The molecule has 0 bridgehead atoms. The topological polar surface area (TPSA) is 78.4 Å². The van der Waals surface area contributed by atoms with Crippen molar-refractivity contribution in [2.75, 3.05) is 23.4 Å². The van der Waals surface area contributed by atoms with Crippen molar-refractivity contribution in [2.45, 2.75) is 116 Å². The number of hydrogen-bond donors (Lipinski definition) is 3. The highest BCUT2D eigenvalue weighted by atomic mass is 32.2. The van der Waals surface area contributed by atoms with Gasteiger partial charge in [-0.15, -0.1) is 0 Å². The van der Waals surface area contributed by atoms with E-state index in [0.29, 0.717) is 12.2 Å². The standard InChI is InChI=1S/C29H50N2O3S/c1-2-3-4-5-6-11-14-17-24-35-25-18-15-12-9-7-8-10-13-16-23-30-28(33)29(34)31-26-19-21-27(32)22-20-26/h19-22,32H,2-18,23-25H2,1H3,(H,30,33)(H,31,34). The van der Waals surface area contributed by atoms with Gasteiger partial charge >= 0.3 is 11.8 Å². The molecule has 0 spiro atoms. The van der Waals surface area contributed by atoms with Gasteiger partial charge in [-0.2, -0.15) is 11.8 Å². The van der Waals surface area contributed by atoms with Gasteiger partial charge in [0.25, 0.3) is 0 Å². The number of benzene rings is 1. The van der Waals surface area contributed by atoms with E-state index >= 15 is 0 Å². The van der Waals surface area contributed by atoms with Crippen molar-refractivity contribution >= 4 is 29.3 Å². The van der Waals surface area contributed by atoms with E-state index in [2.05, 4.69) is 29.3 Å². The second kappa shape index (κ2) is 22.8. The van der Waals surface area contributed by atoms with Crippen molar-refractivity contribution in [3.63, 3.8) is 0 Å². The van der Waals surface area contributed by atoms with E-state index in [1.165, 1.54) is 120 Å². The molecule has 0 aliphatic rings. The number of hydrogen-bond acceptors (Lipinski definition) is 4. The highest BCUT2D eigenvalue weighted by Crippen LogP contribution is 2.15. The first-order chi connectivity index (χ1) is 17.1. The number of carbonyl (C=O) groups excluding carboxylic acids is 2. The lowest BCUT2D eigenvalue weighted by Gasteiger charge is -2.07. The van der Waals surface area contributed by atoms with Crippen LogP contribution in [0.25, 0.3) is 0 Å². The van der Waals surface area contributed by atoms with E-state index in [-0.39, 0.29) is 5.75 Å². The van der Waals surface area contributed by atoms with E-state index in [4.69, 9.17) is 0 Å². The third-order valence-corrected chi connectivity index (χ3v) is 7.38. The van der Waals surface area contributed by atoms with Crippen LogP contribution in [0.3, 0.4) is 0 Å². The Kier molecular flexibility index (Phi) is 20.4. The maximum absolute atomic E-state index is 11.9. The Bertz CT molecular complexity index is 652. The van der Waals surface area contributed by atoms with Gasteiger partial charge in [-0.1, -0.05) is 96.8 Å². The second-order valence-electron chi connectivity index (χ2n) is 9.53. The van der Waals surface area contributed by atoms with Crippen molar-refractivity contribution in [3.05, 3.63) is 24.3 Å². The van der Waals surface area contributed by atoms with Crippen LogP contribution in [0.4, 0.5) is 5.69 Å². The molecule has 35 heavy (non-hydrogen) atoms. The monoisotopic (exact) mass is 506 g/mol. The number of unbranched alkanes of at least 4 members (excludes halogenated alkanes) is 15. The quantitative estimate of drug-likeness (QED) is 0.0850. The molecular weight excluding hydrogens is 456 g/mol. The number of aromatic hydroxyl groups is 1. The van der Waals surface area contributed by atoms with Gasteiger partial charge < -0.3 is 15.7 Å². The smallest absolute Gasteiger partial charge is 0.313 e. The van der Waals surface area contributed by atoms with E-state index in [1.54, 1.807) is 12.1 Å². The number of phenols is 1. The number of nitrogens with one attached hydrogen (secondary N) is 2. The molecular formula is C29H50N2O3S. The van der Waals surface area contributed by atoms with Crippen molar-refractivity contribution in [1.29, 1.82) is 0 Å². The van der Waals surface area contributed by atoms with Crippen LogP contribution < -0.4 is 10.6 Å². The third kappa shape index (κ3) is 19.2. The predicted molar refractivity (Wildman–Crippen MR) is 151 cm³/mol. The molecule has 0 unspecified atom stereocenters. The summed E-state index contributed by atoms with van der Waals surface area (Å²) >= 11 is 2.15. The van der Waals surface area contributed by atoms with Crippen LogP contribution in [0.15, 0.2) is 24.3 Å². The van der Waals surface area contributed by atoms with Crippen LogP contribution in [-0.4, -0.2) is 35.0 Å². The highest BCUT2D eigenvalue weighted by molar-refractivity contribution is 7.99. The number of thioether (sulfide) groups is 1. The normalized spacial score (nSPS) is 10.9. The lowest BCUT2D eigenvalue weighted by atomic mass is 10.1. The van der Waals surface area contributed by atoms with Crippen molar-refractivity contribution < 1.29 is 14.7 Å². The first-order valence-corrected chi connectivity index (χ1v) is 15.2. The molecule has 200 valence electrons. The van der Waals surface area contributed by atoms with E-state index in [9.17, 15) is 14.7 Å². The fraction of sp³-hybridized carbons (Fsp3) is 0.724. The molecule has 5 nitrogen and oxygen atoms in total. The zero-order chi connectivity index (χ0) is 25.4. The molecule has 2 amide bonds. The molecule has 0 aromatic heterocycles. The molecule has 6 heteroatoms. The minimum atomic E-state index is -0.678. The van der Waals surface area contributed by atoms with Gasteiger partial charge in [-0.25, -0.2) is 0 Å². The molecule has 1 aromatic carbocycles. The summed E-state index contributed by atoms with van der Waals surface area (Å²) in [5, 5.41) is 14.4. The summed E-state index contributed by atoms with van der Waals surface area (Å²) in [6.45, 7) is 2.80. The highest BCUT2D eigenvalue weighted by Gasteiger charge is 2.12. The molecule has 0 aliphatic carbocycles. The van der Waals surface area contributed by atoms with Crippen LogP contribution in [0, 0.1) is 0 Å². The first kappa shape index (κ1) is 31.3. The summed E-state index contributed by atoms with van der Waals surface area (Å²) < 4.78 is 0. The summed E-state index contributed by atoms with van der Waals surface area (Å²) in [6, 6.07) is 6.04. The molecule has 0 fully saturated rings. The van der Waals surface area contributed by atoms with Crippen molar-refractivity contribution in [2.24, 2.45) is 0 Å². The fourth-order valence-electron chi connectivity index (χ4n) is 4.02. The van der Waals surface area contributed by atoms with Crippen LogP contribution in [0.2, 0.25) is 0 Å². The molecule has 3 N–H and O–H groups in total. The van der Waals surface area contributed by atoms with Gasteiger partial charge in [0, 0.05) is 12.2 Å². The van der Waals surface area contributed by atoms with Crippen LogP contribution in [-0.2, 0) is 9.59 Å². The maximum atomic E-state index is 11.9. The fourth-order valence-corrected chi connectivity index (χ4v) is 5.04. The summed E-state index contributed by atoms with van der Waals surface area (Å²) in [5.74, 6) is 1.50. The molecule has 0 atom stereocenters. The molecule has 1 rings (SSSR count). The Morgan fingerprint density at radius 2 is 1.11 bits per heavy atom. The Balaban J connectivity index is 1.78. The summed E-state index contributed by atoms with van der Waals surface area (Å²) in [6.07, 6.45) is 22.4. The zero-order valence-electron chi connectivity index (χ0n) is 22.1. The van der Waals surface area contributed by atoms with Gasteiger partial charge in [0.1, 0.15) is 5.75 Å². The molecule has 0 heterocycles. The summed E-state index contributed by atoms with van der Waals surface area (Å²) in [5.41, 5.74) is 0.487. The van der Waals surface area contributed by atoms with Crippen molar-refractivity contribution in [1.82, 2.24) is 5.32 Å². The molecule has 0 saturated heterocycles. The summed E-state index contributed by atoms with van der Waals surface area (Å²) in [4.78, 5) is 23.7. The molecule has 0 saturated carbocycles. The van der Waals surface area contributed by atoms with Crippen LogP contribution in [0.1, 0.15) is 116 Å². The second-order valence-corrected chi connectivity index (χ2v) is 10.8. The number of rotatable bonds is 22. The number of anilines is 1. The molecule has 0 aliphatic heterocycles. The van der Waals surface area contributed by atoms with Gasteiger partial charge in [0.2, 0.25) is 0 Å². The number of phenolic OH excluding ortho intramolecular Hbond substituents is 1. The van der Waals surface area contributed by atoms with Gasteiger partial charge in [-0.05, 0) is 55.0 Å². The average molecular weight is 507 g/mol. The molecule has 0 radical (unpaired) electrons. The first-order valence-electron chi connectivity index (χ1n) is 14.1. The lowest BCUT2D eigenvalue weighted by Crippen LogP contribution is -2.35. The van der Waals surface area contributed by atoms with E-state index in [1.807, 2.05) is 0 Å². The average Bonchev–Trinajstić information content (AvgIpc) is 2.86. The number of amides is 2. The minimum absolute atomic E-state index is 0.117. The van der Waals surface area contributed by atoms with Crippen molar-refractivity contribution in [3.8, 4) is 5.75 Å². The Morgan fingerprint density at radius 1 is 0.657 bits per heavy atom. The third-order valence-electron chi connectivity index (χ3n) is 6.22. The van der Waals surface area contributed by atoms with Gasteiger partial charge in [0.15, 0.2) is 0 Å². The predicted octanol–water partition coefficient (Wildman–Crippen LogP) is 7.83. The molecule has 1 aromatic rings. The largest absolute Gasteiger partial charge is 0.508 e.